The molecule has 0 atom stereocenters. The van der Waals surface area contributed by atoms with Crippen LogP contribution in [-0.4, -0.2) is 46.9 Å². The molecule has 0 aromatic heterocycles. The molecule has 3 rings (SSSR count). The van der Waals surface area contributed by atoms with E-state index >= 15 is 0 Å². The highest BCUT2D eigenvalue weighted by atomic mass is 19.4. The van der Waals surface area contributed by atoms with Crippen LogP contribution in [0.3, 0.4) is 0 Å². The largest absolute Gasteiger partial charge is 0.416 e. The first kappa shape index (κ1) is 22.1. The first-order valence-electron chi connectivity index (χ1n) is 9.92. The Hall–Kier alpha value is -2.62. The number of benzene rings is 1. The Morgan fingerprint density at radius 1 is 1.20 bits per heavy atom. The molecule has 0 unspecified atom stereocenters. The predicted octanol–water partition coefficient (Wildman–Crippen LogP) is 2.81. The third kappa shape index (κ3) is 4.75. The summed E-state index contributed by atoms with van der Waals surface area (Å²) in [6.07, 6.45) is -0.768. The van der Waals surface area contributed by atoms with Gasteiger partial charge in [-0.1, -0.05) is 37.5 Å². The average molecular weight is 426 g/mol. The van der Waals surface area contributed by atoms with Crippen molar-refractivity contribution >= 4 is 17.8 Å². The van der Waals surface area contributed by atoms with Gasteiger partial charge >= 0.3 is 12.2 Å². The van der Waals surface area contributed by atoms with E-state index in [-0.39, 0.29) is 25.1 Å². The molecule has 10 heteroatoms. The number of hydrogen-bond acceptors (Lipinski definition) is 4. The summed E-state index contributed by atoms with van der Waals surface area (Å²) < 4.78 is 39.3. The number of nitrogens with one attached hydrogen (secondary N) is 2. The molecule has 1 heterocycles. The van der Waals surface area contributed by atoms with E-state index in [1.54, 1.807) is 11.9 Å². The van der Waals surface area contributed by atoms with Crippen LogP contribution in [-0.2, 0) is 22.3 Å². The molecule has 0 bridgehead atoms. The number of carbonyl (C=O) groups is 3. The predicted molar refractivity (Wildman–Crippen MR) is 102 cm³/mol. The number of urea groups is 1. The SMILES string of the molecule is CN(CCC(=O)NN1C(=O)NC2(CCCCC2)C1=O)Cc1ccccc1C(F)(F)F. The molecule has 1 aromatic rings. The van der Waals surface area contributed by atoms with E-state index in [0.29, 0.717) is 12.8 Å². The number of carbonyl (C=O) groups excluding carboxylic acids is 3. The Morgan fingerprint density at radius 2 is 1.87 bits per heavy atom. The number of halogens is 3. The molecule has 1 saturated carbocycles. The van der Waals surface area contributed by atoms with Gasteiger partial charge in [-0.3, -0.25) is 15.0 Å². The van der Waals surface area contributed by atoms with Gasteiger partial charge < -0.3 is 10.2 Å². The smallest absolute Gasteiger partial charge is 0.322 e. The molecule has 164 valence electrons. The lowest BCUT2D eigenvalue weighted by Crippen LogP contribution is -2.51. The summed E-state index contributed by atoms with van der Waals surface area (Å²) in [7, 11) is 1.60. The van der Waals surface area contributed by atoms with Crippen LogP contribution in [0, 0.1) is 0 Å². The zero-order chi connectivity index (χ0) is 21.9. The van der Waals surface area contributed by atoms with E-state index in [9.17, 15) is 27.6 Å². The second-order valence-electron chi connectivity index (χ2n) is 7.89. The Balaban J connectivity index is 1.53. The molecule has 30 heavy (non-hydrogen) atoms. The summed E-state index contributed by atoms with van der Waals surface area (Å²) in [5.74, 6) is -1.00. The fourth-order valence-corrected chi connectivity index (χ4v) is 3.99. The minimum Gasteiger partial charge on any atom is -0.322 e. The molecule has 1 aromatic carbocycles. The summed E-state index contributed by atoms with van der Waals surface area (Å²) in [5.41, 5.74) is 0.804. The monoisotopic (exact) mass is 426 g/mol. The van der Waals surface area contributed by atoms with Crippen LogP contribution in [0.25, 0.3) is 0 Å². The molecular formula is C20H25F3N4O3. The van der Waals surface area contributed by atoms with E-state index < -0.39 is 35.1 Å². The maximum absolute atomic E-state index is 13.1. The van der Waals surface area contributed by atoms with Crippen molar-refractivity contribution in [1.82, 2.24) is 20.7 Å². The molecule has 2 aliphatic rings. The molecule has 1 aliphatic carbocycles. The topological polar surface area (TPSA) is 81.8 Å². The molecule has 1 saturated heterocycles. The lowest BCUT2D eigenvalue weighted by molar-refractivity contribution is -0.140. The van der Waals surface area contributed by atoms with Crippen LogP contribution in [0.2, 0.25) is 0 Å². The molecule has 1 aliphatic heterocycles. The number of amides is 4. The summed E-state index contributed by atoms with van der Waals surface area (Å²) in [4.78, 5) is 38.7. The summed E-state index contributed by atoms with van der Waals surface area (Å²) in [5, 5.41) is 3.43. The van der Waals surface area contributed by atoms with E-state index in [1.807, 2.05) is 0 Å². The molecule has 0 radical (unpaired) electrons. The summed E-state index contributed by atoms with van der Waals surface area (Å²) >= 11 is 0. The second-order valence-corrected chi connectivity index (χ2v) is 7.89. The minimum absolute atomic E-state index is 0.00913. The van der Waals surface area contributed by atoms with Gasteiger partial charge in [-0.25, -0.2) is 4.79 Å². The van der Waals surface area contributed by atoms with Crippen molar-refractivity contribution in [2.75, 3.05) is 13.6 Å². The van der Waals surface area contributed by atoms with Crippen LogP contribution in [0.15, 0.2) is 24.3 Å². The minimum atomic E-state index is -4.45. The highest BCUT2D eigenvalue weighted by Gasteiger charge is 2.52. The van der Waals surface area contributed by atoms with Crippen molar-refractivity contribution in [3.63, 3.8) is 0 Å². The van der Waals surface area contributed by atoms with Gasteiger partial charge in [0.25, 0.3) is 5.91 Å². The second kappa shape index (κ2) is 8.63. The summed E-state index contributed by atoms with van der Waals surface area (Å²) in [6.45, 7) is 0.169. The van der Waals surface area contributed by atoms with Crippen molar-refractivity contribution in [2.45, 2.75) is 56.8 Å². The number of hydrazine groups is 1. The molecule has 4 amide bonds. The van der Waals surface area contributed by atoms with Crippen LogP contribution >= 0.6 is 0 Å². The van der Waals surface area contributed by atoms with Crippen molar-refractivity contribution in [3.05, 3.63) is 35.4 Å². The highest BCUT2D eigenvalue weighted by Crippen LogP contribution is 2.33. The molecule has 2 N–H and O–H groups in total. The number of imide groups is 1. The van der Waals surface area contributed by atoms with E-state index in [2.05, 4.69) is 10.7 Å². The highest BCUT2D eigenvalue weighted by molar-refractivity contribution is 6.08. The third-order valence-corrected chi connectivity index (χ3v) is 5.59. The van der Waals surface area contributed by atoms with E-state index in [1.165, 1.54) is 18.2 Å². The van der Waals surface area contributed by atoms with Gasteiger partial charge in [0.2, 0.25) is 5.91 Å². The van der Waals surface area contributed by atoms with Gasteiger partial charge in [0.1, 0.15) is 5.54 Å². The van der Waals surface area contributed by atoms with Crippen molar-refractivity contribution in [1.29, 1.82) is 0 Å². The Morgan fingerprint density at radius 3 is 2.53 bits per heavy atom. The standard InChI is InChI=1S/C20H25F3N4O3/c1-26(13-14-7-3-4-8-15(14)20(21,22)23)12-9-16(28)25-27-17(29)19(24-18(27)30)10-5-2-6-11-19/h3-4,7-8H,2,5-6,9-13H2,1H3,(H,24,30)(H,25,28). The normalized spacial score (nSPS) is 18.8. The number of hydrogen-bond donors (Lipinski definition) is 2. The average Bonchev–Trinajstić information content (AvgIpc) is 2.90. The van der Waals surface area contributed by atoms with Gasteiger partial charge in [-0.05, 0) is 31.5 Å². The maximum atomic E-state index is 13.1. The Labute approximate surface area is 172 Å². The number of nitrogens with zero attached hydrogens (tertiary/aromatic N) is 2. The summed E-state index contributed by atoms with van der Waals surface area (Å²) in [6, 6.07) is 4.63. The van der Waals surface area contributed by atoms with Crippen LogP contribution in [0.5, 0.6) is 0 Å². The molecule has 7 nitrogen and oxygen atoms in total. The zero-order valence-corrected chi connectivity index (χ0v) is 16.7. The molecule has 2 fully saturated rings. The van der Waals surface area contributed by atoms with Gasteiger partial charge in [0.15, 0.2) is 0 Å². The lowest BCUT2D eigenvalue weighted by Gasteiger charge is -2.30. The fraction of sp³-hybridized carbons (Fsp3) is 0.550. The van der Waals surface area contributed by atoms with E-state index in [4.69, 9.17) is 0 Å². The Bertz CT molecular complexity index is 822. The van der Waals surface area contributed by atoms with Crippen LogP contribution < -0.4 is 10.7 Å². The van der Waals surface area contributed by atoms with Crippen molar-refractivity contribution < 1.29 is 27.6 Å². The van der Waals surface area contributed by atoms with Gasteiger partial charge in [-0.2, -0.15) is 18.2 Å². The first-order valence-corrected chi connectivity index (χ1v) is 9.92. The number of rotatable bonds is 6. The lowest BCUT2D eigenvalue weighted by atomic mass is 9.82. The van der Waals surface area contributed by atoms with Crippen molar-refractivity contribution in [2.24, 2.45) is 0 Å². The third-order valence-electron chi connectivity index (χ3n) is 5.59. The van der Waals surface area contributed by atoms with Gasteiger partial charge in [-0.15, -0.1) is 0 Å². The molecular weight excluding hydrogens is 401 g/mol. The number of alkyl halides is 3. The first-order chi connectivity index (χ1) is 14.1. The van der Waals surface area contributed by atoms with E-state index in [0.717, 1.165) is 30.3 Å². The quantitative estimate of drug-likeness (QED) is 0.686. The Kier molecular flexibility index (Phi) is 6.35. The fourth-order valence-electron chi connectivity index (χ4n) is 3.99. The van der Waals surface area contributed by atoms with Crippen molar-refractivity contribution in [3.8, 4) is 0 Å². The van der Waals surface area contributed by atoms with Crippen LogP contribution in [0.4, 0.5) is 18.0 Å². The van der Waals surface area contributed by atoms with Gasteiger partial charge in [0, 0.05) is 19.5 Å². The zero-order valence-electron chi connectivity index (χ0n) is 16.7. The van der Waals surface area contributed by atoms with Gasteiger partial charge in [0.05, 0.1) is 5.56 Å². The maximum Gasteiger partial charge on any atom is 0.416 e. The molecule has 1 spiro atoms. The van der Waals surface area contributed by atoms with Crippen LogP contribution in [0.1, 0.15) is 49.7 Å².